The molecule has 2 heterocycles. The molecule has 1 N–H and O–H groups in total. The molecule has 2 aromatic heterocycles. The van der Waals surface area contributed by atoms with Crippen molar-refractivity contribution < 1.29 is 19.1 Å². The highest BCUT2D eigenvalue weighted by atomic mass is 32.1. The van der Waals surface area contributed by atoms with E-state index in [0.29, 0.717) is 22.2 Å². The number of aromatic nitrogens is 1. The molecule has 0 aliphatic heterocycles. The van der Waals surface area contributed by atoms with E-state index in [9.17, 15) is 9.59 Å². The zero-order valence-corrected chi connectivity index (χ0v) is 16.5. The van der Waals surface area contributed by atoms with Gasteiger partial charge in [-0.15, -0.1) is 22.7 Å². The first kappa shape index (κ1) is 19.1. The molecule has 6 nitrogen and oxygen atoms in total. The molecule has 0 saturated heterocycles. The van der Waals surface area contributed by atoms with Crippen LogP contribution in [-0.2, 0) is 16.0 Å². The zero-order valence-electron chi connectivity index (χ0n) is 14.9. The Morgan fingerprint density at radius 1 is 1.15 bits per heavy atom. The fourth-order valence-electron chi connectivity index (χ4n) is 2.34. The Hall–Kier alpha value is -2.71. The van der Waals surface area contributed by atoms with E-state index >= 15 is 0 Å². The third kappa shape index (κ3) is 4.93. The predicted molar refractivity (Wildman–Crippen MR) is 107 cm³/mol. The standard InChI is InChI=1S/C19H18N2O4S2/c1-3-25-14-6-4-12(5-7-14)18-20-13(11-26-18)10-16(22)21-17-9-8-15(27-17)19(23)24-2/h4-9,11H,3,10H2,1-2H3,(H,21,22). The van der Waals surface area contributed by atoms with E-state index in [1.807, 2.05) is 36.6 Å². The van der Waals surface area contributed by atoms with Gasteiger partial charge in [0, 0.05) is 10.9 Å². The van der Waals surface area contributed by atoms with Crippen LogP contribution in [0, 0.1) is 0 Å². The summed E-state index contributed by atoms with van der Waals surface area (Å²) in [6, 6.07) is 11.0. The monoisotopic (exact) mass is 402 g/mol. The number of carbonyl (C=O) groups is 2. The quantitative estimate of drug-likeness (QED) is 0.598. The molecule has 8 heteroatoms. The Morgan fingerprint density at radius 3 is 2.63 bits per heavy atom. The van der Waals surface area contributed by atoms with E-state index in [4.69, 9.17) is 4.74 Å². The first-order valence-electron chi connectivity index (χ1n) is 8.24. The van der Waals surface area contributed by atoms with Gasteiger partial charge in [-0.25, -0.2) is 9.78 Å². The minimum absolute atomic E-state index is 0.166. The van der Waals surface area contributed by atoms with Crippen LogP contribution in [0.3, 0.4) is 0 Å². The highest BCUT2D eigenvalue weighted by Crippen LogP contribution is 2.26. The Kier molecular flexibility index (Phi) is 6.20. The van der Waals surface area contributed by atoms with Crippen LogP contribution in [0.2, 0.25) is 0 Å². The highest BCUT2D eigenvalue weighted by molar-refractivity contribution is 7.18. The maximum atomic E-state index is 12.2. The van der Waals surface area contributed by atoms with Gasteiger partial charge in [0.2, 0.25) is 5.91 Å². The van der Waals surface area contributed by atoms with E-state index < -0.39 is 5.97 Å². The summed E-state index contributed by atoms with van der Waals surface area (Å²) in [5.74, 6) is 0.219. The van der Waals surface area contributed by atoms with E-state index in [0.717, 1.165) is 16.3 Å². The van der Waals surface area contributed by atoms with Gasteiger partial charge in [0.25, 0.3) is 0 Å². The maximum Gasteiger partial charge on any atom is 0.348 e. The number of rotatable bonds is 7. The molecule has 0 radical (unpaired) electrons. The summed E-state index contributed by atoms with van der Waals surface area (Å²) in [6.07, 6.45) is 0.166. The van der Waals surface area contributed by atoms with Gasteiger partial charge in [-0.05, 0) is 43.3 Å². The van der Waals surface area contributed by atoms with Crippen LogP contribution in [0.5, 0.6) is 5.75 Å². The molecular weight excluding hydrogens is 384 g/mol. The van der Waals surface area contributed by atoms with Gasteiger partial charge in [0.1, 0.15) is 15.6 Å². The van der Waals surface area contributed by atoms with Crippen molar-refractivity contribution >= 4 is 39.6 Å². The molecule has 0 fully saturated rings. The van der Waals surface area contributed by atoms with Crippen molar-refractivity contribution in [1.29, 1.82) is 0 Å². The molecule has 1 aromatic carbocycles. The lowest BCUT2D eigenvalue weighted by atomic mass is 10.2. The normalized spacial score (nSPS) is 10.4. The number of ether oxygens (including phenoxy) is 2. The second-order valence-electron chi connectivity index (χ2n) is 5.48. The van der Waals surface area contributed by atoms with Crippen molar-refractivity contribution in [2.75, 3.05) is 19.0 Å². The third-order valence-corrected chi connectivity index (χ3v) is 5.48. The molecule has 0 aliphatic carbocycles. The van der Waals surface area contributed by atoms with Crippen molar-refractivity contribution in [3.63, 3.8) is 0 Å². The average molecular weight is 402 g/mol. The number of nitrogens with zero attached hydrogens (tertiary/aromatic N) is 1. The molecule has 27 heavy (non-hydrogen) atoms. The smallest absolute Gasteiger partial charge is 0.348 e. The van der Waals surface area contributed by atoms with Gasteiger partial charge in [-0.2, -0.15) is 0 Å². The molecule has 0 saturated carbocycles. The number of hydrogen-bond donors (Lipinski definition) is 1. The Bertz CT molecular complexity index is 931. The van der Waals surface area contributed by atoms with Gasteiger partial charge in [-0.1, -0.05) is 0 Å². The summed E-state index contributed by atoms with van der Waals surface area (Å²) in [4.78, 5) is 28.7. The summed E-state index contributed by atoms with van der Waals surface area (Å²) < 4.78 is 10.1. The molecule has 0 aliphatic rings. The number of thiophene rings is 1. The van der Waals surface area contributed by atoms with Crippen molar-refractivity contribution in [2.45, 2.75) is 13.3 Å². The Balaban J connectivity index is 1.60. The number of esters is 1. The van der Waals surface area contributed by atoms with Crippen LogP contribution in [0.1, 0.15) is 22.3 Å². The molecule has 140 valence electrons. The second kappa shape index (κ2) is 8.79. The predicted octanol–water partition coefficient (Wildman–Crippen LogP) is 4.24. The number of amides is 1. The Labute approximate surface area is 164 Å². The van der Waals surface area contributed by atoms with Gasteiger partial charge in [0.05, 0.1) is 30.8 Å². The fraction of sp³-hybridized carbons (Fsp3) is 0.211. The van der Waals surface area contributed by atoms with Gasteiger partial charge < -0.3 is 14.8 Å². The van der Waals surface area contributed by atoms with Gasteiger partial charge in [-0.3, -0.25) is 4.79 Å². The molecule has 3 aromatic rings. The number of nitrogens with one attached hydrogen (secondary N) is 1. The van der Waals surface area contributed by atoms with Crippen LogP contribution in [-0.4, -0.2) is 30.6 Å². The molecule has 0 atom stereocenters. The molecule has 1 amide bonds. The summed E-state index contributed by atoms with van der Waals surface area (Å²) in [6.45, 7) is 2.57. The van der Waals surface area contributed by atoms with Crippen LogP contribution in [0.4, 0.5) is 5.00 Å². The van der Waals surface area contributed by atoms with Crippen molar-refractivity contribution in [2.24, 2.45) is 0 Å². The third-order valence-electron chi connectivity index (χ3n) is 3.56. The van der Waals surface area contributed by atoms with Crippen LogP contribution >= 0.6 is 22.7 Å². The number of carbonyl (C=O) groups excluding carboxylic acids is 2. The molecular formula is C19H18N2O4S2. The van der Waals surface area contributed by atoms with Gasteiger partial charge in [0.15, 0.2) is 0 Å². The number of thiazole rings is 1. The molecule has 0 bridgehead atoms. The maximum absolute atomic E-state index is 12.2. The zero-order chi connectivity index (χ0) is 19.2. The SMILES string of the molecule is CCOc1ccc(-c2nc(CC(=O)Nc3ccc(C(=O)OC)s3)cs2)cc1. The first-order chi connectivity index (χ1) is 13.1. The summed E-state index contributed by atoms with van der Waals surface area (Å²) in [7, 11) is 1.32. The number of hydrogen-bond acceptors (Lipinski definition) is 7. The number of anilines is 1. The van der Waals surface area contributed by atoms with Crippen LogP contribution < -0.4 is 10.1 Å². The second-order valence-corrected chi connectivity index (χ2v) is 7.42. The van der Waals surface area contributed by atoms with E-state index in [1.165, 1.54) is 29.8 Å². The summed E-state index contributed by atoms with van der Waals surface area (Å²) >= 11 is 2.67. The van der Waals surface area contributed by atoms with Crippen LogP contribution in [0.15, 0.2) is 41.8 Å². The topological polar surface area (TPSA) is 77.5 Å². The highest BCUT2D eigenvalue weighted by Gasteiger charge is 2.13. The lowest BCUT2D eigenvalue weighted by Crippen LogP contribution is -2.13. The minimum atomic E-state index is -0.417. The van der Waals surface area contributed by atoms with E-state index in [-0.39, 0.29) is 12.3 Å². The number of benzene rings is 1. The average Bonchev–Trinajstić information content (AvgIpc) is 3.32. The van der Waals surface area contributed by atoms with Crippen molar-refractivity contribution in [3.8, 4) is 16.3 Å². The lowest BCUT2D eigenvalue weighted by molar-refractivity contribution is -0.115. The van der Waals surface area contributed by atoms with Crippen molar-refractivity contribution in [1.82, 2.24) is 4.98 Å². The first-order valence-corrected chi connectivity index (χ1v) is 9.94. The van der Waals surface area contributed by atoms with E-state index in [1.54, 1.807) is 12.1 Å². The fourth-order valence-corrected chi connectivity index (χ4v) is 4.01. The summed E-state index contributed by atoms with van der Waals surface area (Å²) in [5.41, 5.74) is 1.68. The van der Waals surface area contributed by atoms with E-state index in [2.05, 4.69) is 15.0 Å². The number of methoxy groups -OCH3 is 1. The summed E-state index contributed by atoms with van der Waals surface area (Å²) in [5, 5.41) is 6.11. The lowest BCUT2D eigenvalue weighted by Gasteiger charge is -2.03. The van der Waals surface area contributed by atoms with Gasteiger partial charge >= 0.3 is 5.97 Å². The molecule has 3 rings (SSSR count). The van der Waals surface area contributed by atoms with Crippen LogP contribution in [0.25, 0.3) is 10.6 Å². The van der Waals surface area contributed by atoms with Crippen molar-refractivity contribution in [3.05, 3.63) is 52.3 Å². The molecule has 0 unspecified atom stereocenters. The Morgan fingerprint density at radius 2 is 1.93 bits per heavy atom. The molecule has 0 spiro atoms. The minimum Gasteiger partial charge on any atom is -0.494 e. The largest absolute Gasteiger partial charge is 0.494 e.